The Morgan fingerprint density at radius 1 is 1.03 bits per heavy atom. The molecule has 0 saturated heterocycles. The molecule has 4 nitrogen and oxygen atoms in total. The molecule has 1 aliphatic heterocycles. The number of rotatable bonds is 3. The molecule has 1 heterocycles. The van der Waals surface area contributed by atoms with E-state index in [1.165, 1.54) is 12.1 Å². The normalized spacial score (nSPS) is 15.2. The molecule has 2 amide bonds. The maximum atomic E-state index is 13.9. The summed E-state index contributed by atoms with van der Waals surface area (Å²) < 4.78 is 67.1. The lowest BCUT2D eigenvalue weighted by Gasteiger charge is -2.19. The molecule has 0 fully saturated rings. The number of halogens is 8. The molecule has 0 saturated carbocycles. The van der Waals surface area contributed by atoms with E-state index < -0.39 is 46.8 Å². The van der Waals surface area contributed by atoms with Crippen LogP contribution in [0.4, 0.5) is 27.6 Å². The van der Waals surface area contributed by atoms with Crippen molar-refractivity contribution >= 4 is 56.6 Å². The largest absolute Gasteiger partial charge is 0.416 e. The van der Waals surface area contributed by atoms with Crippen LogP contribution in [0.5, 0.6) is 0 Å². The average molecular weight is 580 g/mol. The monoisotopic (exact) mass is 578 g/mol. The highest BCUT2D eigenvalue weighted by atomic mass is 79.9. The standard InChI is InChI=1S/C22H10BrCl2F5N2O2/c23-13-7-15(31-20(33)8-3-9(22(28,29)30)5-11(27)4-8)16-17(18(13)25)21(34)32-19(16)12-6-10(26)1-2-14(12)24/h1-7,19H,(H,31,33)(H,32,34). The predicted octanol–water partition coefficient (Wildman–Crippen LogP) is 7.14. The van der Waals surface area contributed by atoms with Gasteiger partial charge in [-0.05, 0) is 58.4 Å². The van der Waals surface area contributed by atoms with Crippen LogP contribution >= 0.6 is 39.1 Å². The molecule has 4 rings (SSSR count). The molecule has 0 aliphatic carbocycles. The van der Waals surface area contributed by atoms with Crippen LogP contribution in [0.3, 0.4) is 0 Å². The molecule has 3 aromatic rings. The number of fused-ring (bicyclic) bond motifs is 1. The van der Waals surface area contributed by atoms with E-state index in [1.54, 1.807) is 0 Å². The first-order chi connectivity index (χ1) is 15.9. The third-order valence-corrected chi connectivity index (χ3v) is 6.65. The van der Waals surface area contributed by atoms with Crippen LogP contribution in [0.25, 0.3) is 0 Å². The van der Waals surface area contributed by atoms with Gasteiger partial charge >= 0.3 is 6.18 Å². The van der Waals surface area contributed by atoms with Crippen molar-refractivity contribution in [2.75, 3.05) is 5.32 Å². The fourth-order valence-corrected chi connectivity index (χ4v) is 4.48. The third kappa shape index (κ3) is 4.49. The van der Waals surface area contributed by atoms with Crippen LogP contribution in [0.1, 0.15) is 43.4 Å². The van der Waals surface area contributed by atoms with Crippen molar-refractivity contribution in [1.82, 2.24) is 5.32 Å². The van der Waals surface area contributed by atoms with E-state index in [9.17, 15) is 31.5 Å². The van der Waals surface area contributed by atoms with Crippen molar-refractivity contribution in [2.45, 2.75) is 12.2 Å². The van der Waals surface area contributed by atoms with Gasteiger partial charge in [0.1, 0.15) is 11.6 Å². The highest BCUT2D eigenvalue weighted by Crippen LogP contribution is 2.45. The Kier molecular flexibility index (Phi) is 6.34. The predicted molar refractivity (Wildman–Crippen MR) is 119 cm³/mol. The van der Waals surface area contributed by atoms with Crippen LogP contribution in [0.15, 0.2) is 46.9 Å². The quantitative estimate of drug-likeness (QED) is 0.324. The molecule has 0 radical (unpaired) electrons. The Labute approximate surface area is 207 Å². The lowest BCUT2D eigenvalue weighted by atomic mass is 9.96. The zero-order valence-corrected chi connectivity index (χ0v) is 19.6. The van der Waals surface area contributed by atoms with Crippen LogP contribution < -0.4 is 10.6 Å². The second-order valence-electron chi connectivity index (χ2n) is 7.26. The number of carbonyl (C=O) groups is 2. The van der Waals surface area contributed by atoms with Crippen molar-refractivity contribution in [3.63, 3.8) is 0 Å². The summed E-state index contributed by atoms with van der Waals surface area (Å²) in [7, 11) is 0. The van der Waals surface area contributed by atoms with Gasteiger partial charge in [-0.1, -0.05) is 23.2 Å². The summed E-state index contributed by atoms with van der Waals surface area (Å²) in [6.45, 7) is 0. The number of hydrogen-bond acceptors (Lipinski definition) is 2. The van der Waals surface area contributed by atoms with Crippen molar-refractivity contribution in [1.29, 1.82) is 0 Å². The molecule has 1 unspecified atom stereocenters. The summed E-state index contributed by atoms with van der Waals surface area (Å²) in [6.07, 6.45) is -4.88. The van der Waals surface area contributed by atoms with Gasteiger partial charge in [-0.15, -0.1) is 0 Å². The Hall–Kier alpha value is -2.69. The topological polar surface area (TPSA) is 58.2 Å². The SMILES string of the molecule is O=C(Nc1cc(Br)c(Cl)c2c1C(c1cc(F)ccc1Cl)NC2=O)c1cc(F)cc(C(F)(F)F)c1. The summed E-state index contributed by atoms with van der Waals surface area (Å²) in [4.78, 5) is 25.5. The Morgan fingerprint density at radius 3 is 2.41 bits per heavy atom. The first kappa shape index (κ1) is 24.4. The van der Waals surface area contributed by atoms with Crippen molar-refractivity contribution < 1.29 is 31.5 Å². The minimum atomic E-state index is -4.88. The van der Waals surface area contributed by atoms with Gasteiger partial charge in [0.25, 0.3) is 11.8 Å². The minimum absolute atomic E-state index is 0.00867. The van der Waals surface area contributed by atoms with Gasteiger partial charge < -0.3 is 10.6 Å². The Bertz CT molecular complexity index is 1360. The maximum Gasteiger partial charge on any atom is 0.416 e. The van der Waals surface area contributed by atoms with E-state index in [4.69, 9.17) is 23.2 Å². The second kappa shape index (κ2) is 8.83. The maximum absolute atomic E-state index is 13.9. The number of anilines is 1. The van der Waals surface area contributed by atoms with Gasteiger partial charge in [-0.25, -0.2) is 8.78 Å². The zero-order valence-electron chi connectivity index (χ0n) is 16.5. The first-order valence-electron chi connectivity index (χ1n) is 9.33. The summed E-state index contributed by atoms with van der Waals surface area (Å²) in [5, 5.41) is 5.10. The van der Waals surface area contributed by atoms with Crippen LogP contribution in [-0.4, -0.2) is 11.8 Å². The number of amides is 2. The van der Waals surface area contributed by atoms with E-state index >= 15 is 0 Å². The number of alkyl halides is 3. The van der Waals surface area contributed by atoms with E-state index in [0.717, 1.165) is 12.1 Å². The van der Waals surface area contributed by atoms with Crippen molar-refractivity contribution in [2.24, 2.45) is 0 Å². The summed E-state index contributed by atoms with van der Waals surface area (Å²) in [5.74, 6) is -3.63. The highest BCUT2D eigenvalue weighted by Gasteiger charge is 2.37. The fourth-order valence-electron chi connectivity index (χ4n) is 3.59. The van der Waals surface area contributed by atoms with Crippen molar-refractivity contribution in [3.8, 4) is 0 Å². The van der Waals surface area contributed by atoms with Crippen molar-refractivity contribution in [3.05, 3.63) is 96.4 Å². The molecule has 0 bridgehead atoms. The van der Waals surface area contributed by atoms with Crippen LogP contribution in [0.2, 0.25) is 10.0 Å². The Balaban J connectivity index is 1.83. The van der Waals surface area contributed by atoms with Crippen LogP contribution in [0, 0.1) is 11.6 Å². The average Bonchev–Trinajstić information content (AvgIpc) is 3.09. The van der Waals surface area contributed by atoms with E-state index in [1.807, 2.05) is 0 Å². The van der Waals surface area contributed by atoms with E-state index in [0.29, 0.717) is 12.1 Å². The second-order valence-corrected chi connectivity index (χ2v) is 8.90. The van der Waals surface area contributed by atoms with Gasteiger partial charge in [-0.3, -0.25) is 9.59 Å². The molecule has 0 spiro atoms. The summed E-state index contributed by atoms with van der Waals surface area (Å²) >= 11 is 15.6. The smallest absolute Gasteiger partial charge is 0.341 e. The Morgan fingerprint density at radius 2 is 1.74 bits per heavy atom. The molecule has 1 aliphatic rings. The number of benzene rings is 3. The molecule has 34 heavy (non-hydrogen) atoms. The summed E-state index contributed by atoms with van der Waals surface area (Å²) in [6, 6.07) is 5.16. The molecular weight excluding hydrogens is 570 g/mol. The summed E-state index contributed by atoms with van der Waals surface area (Å²) in [5.41, 5.74) is -1.75. The van der Waals surface area contributed by atoms with E-state index in [-0.39, 0.29) is 43.0 Å². The fraction of sp³-hybridized carbons (Fsp3) is 0.0909. The van der Waals surface area contributed by atoms with Gasteiger partial charge in [0.15, 0.2) is 0 Å². The zero-order chi connectivity index (χ0) is 24.9. The number of carbonyl (C=O) groups excluding carboxylic acids is 2. The lowest BCUT2D eigenvalue weighted by molar-refractivity contribution is -0.137. The first-order valence-corrected chi connectivity index (χ1v) is 10.9. The number of hydrogen-bond donors (Lipinski definition) is 2. The molecule has 3 aromatic carbocycles. The lowest BCUT2D eigenvalue weighted by Crippen LogP contribution is -2.21. The molecule has 2 N–H and O–H groups in total. The third-order valence-electron chi connectivity index (χ3n) is 5.06. The molecule has 12 heteroatoms. The molecule has 1 atom stereocenters. The van der Waals surface area contributed by atoms with E-state index in [2.05, 4.69) is 26.6 Å². The molecule has 0 aromatic heterocycles. The minimum Gasteiger partial charge on any atom is -0.341 e. The number of nitrogens with one attached hydrogen (secondary N) is 2. The molecular formula is C22H10BrCl2F5N2O2. The van der Waals surface area contributed by atoms with Gasteiger partial charge in [0.05, 0.1) is 22.2 Å². The molecule has 176 valence electrons. The highest BCUT2D eigenvalue weighted by molar-refractivity contribution is 9.10. The van der Waals surface area contributed by atoms with Gasteiger partial charge in [0, 0.05) is 31.9 Å². The van der Waals surface area contributed by atoms with Crippen LogP contribution in [-0.2, 0) is 6.18 Å². The van der Waals surface area contributed by atoms with Gasteiger partial charge in [-0.2, -0.15) is 13.2 Å². The van der Waals surface area contributed by atoms with Gasteiger partial charge in [0.2, 0.25) is 0 Å².